The maximum Gasteiger partial charge on any atom is 0.333 e. The van der Waals surface area contributed by atoms with E-state index in [1.807, 2.05) is 86.6 Å². The zero-order valence-corrected chi connectivity index (χ0v) is 50.3. The number of furan rings is 2. The van der Waals surface area contributed by atoms with E-state index in [-0.39, 0.29) is 84.8 Å². The van der Waals surface area contributed by atoms with Crippen molar-refractivity contribution in [3.8, 4) is 0 Å². The lowest BCUT2D eigenvalue weighted by Gasteiger charge is -2.34. The summed E-state index contributed by atoms with van der Waals surface area (Å²) < 4.78 is 95.1. The second kappa shape index (κ2) is 25.5. The van der Waals surface area contributed by atoms with Crippen LogP contribution in [0.25, 0.3) is 33.1 Å². The van der Waals surface area contributed by atoms with Crippen LogP contribution in [0.5, 0.6) is 0 Å². The lowest BCUT2D eigenvalue weighted by atomic mass is 9.79. The topological polar surface area (TPSA) is 206 Å². The molecule has 10 rings (SSSR count). The van der Waals surface area contributed by atoms with Gasteiger partial charge < -0.3 is 27.8 Å². The highest BCUT2D eigenvalue weighted by molar-refractivity contribution is 7.93. The van der Waals surface area contributed by atoms with Crippen molar-refractivity contribution in [2.45, 2.75) is 64.2 Å². The molecule has 0 fully saturated rings. The molecule has 0 aliphatic carbocycles. The molecular weight excluding hydrogens is 1130 g/mol. The molecule has 0 saturated heterocycles. The number of nitrogens with zero attached hydrogens (tertiary/aromatic N) is 2. The van der Waals surface area contributed by atoms with Gasteiger partial charge in [0.25, 0.3) is 20.0 Å². The molecule has 0 spiro atoms. The van der Waals surface area contributed by atoms with Crippen LogP contribution in [0.1, 0.15) is 74.3 Å². The average molecular weight is 1200 g/mol. The zero-order chi connectivity index (χ0) is 61.6. The Hall–Kier alpha value is -9.26. The maximum absolute atomic E-state index is 14.6. The molecule has 0 saturated carbocycles. The largest absolute Gasteiger partial charge is 0.465 e. The number of para-hydroxylation sites is 2. The summed E-state index contributed by atoms with van der Waals surface area (Å²) >= 11 is 0. The number of ether oxygens (including phenoxy) is 4. The number of carbonyl (C=O) groups excluding carboxylic acids is 4. The second-order valence-electron chi connectivity index (χ2n) is 20.8. The molecule has 444 valence electrons. The van der Waals surface area contributed by atoms with E-state index >= 15 is 0 Å². The van der Waals surface area contributed by atoms with Gasteiger partial charge in [-0.1, -0.05) is 146 Å². The van der Waals surface area contributed by atoms with Gasteiger partial charge in [0.05, 0.1) is 49.3 Å². The van der Waals surface area contributed by atoms with Gasteiger partial charge in [-0.2, -0.15) is 0 Å². The Kier molecular flexibility index (Phi) is 18.2. The van der Waals surface area contributed by atoms with E-state index in [1.54, 1.807) is 101 Å². The quantitative estimate of drug-likeness (QED) is 0.0445. The normalized spacial score (nSPS) is 16.6. The lowest BCUT2D eigenvalue weighted by Crippen LogP contribution is -2.45. The van der Waals surface area contributed by atoms with Gasteiger partial charge in [-0.25, -0.2) is 26.4 Å². The Morgan fingerprint density at radius 1 is 0.465 bits per heavy atom. The smallest absolute Gasteiger partial charge is 0.333 e. The first-order chi connectivity index (χ1) is 41.2. The number of benzene rings is 6. The van der Waals surface area contributed by atoms with E-state index in [1.165, 1.54) is 32.9 Å². The van der Waals surface area contributed by atoms with Crippen LogP contribution in [0.15, 0.2) is 213 Å². The number of anilines is 2. The Balaban J connectivity index is 0.000000205. The Morgan fingerprint density at radius 3 is 1.13 bits per heavy atom. The fraction of sp³-hybridized carbons (Fsp3) is 0.235. The summed E-state index contributed by atoms with van der Waals surface area (Å²) in [7, 11) is -8.56. The summed E-state index contributed by atoms with van der Waals surface area (Å²) in [5.74, 6) is -2.22. The average Bonchev–Trinajstić information content (AvgIpc) is 1.69. The minimum Gasteiger partial charge on any atom is -0.465 e. The van der Waals surface area contributed by atoms with E-state index < -0.39 is 54.8 Å². The minimum atomic E-state index is -4.28. The first-order valence-corrected chi connectivity index (χ1v) is 30.9. The van der Waals surface area contributed by atoms with Gasteiger partial charge in [0.15, 0.2) is 11.5 Å². The van der Waals surface area contributed by atoms with Crippen LogP contribution in [0.4, 0.5) is 11.4 Å². The molecule has 0 N–H and O–H groups in total. The molecule has 2 aliphatic heterocycles. The minimum absolute atomic E-state index is 0.00891. The third-order valence-corrected chi connectivity index (χ3v) is 18.3. The van der Waals surface area contributed by atoms with Crippen LogP contribution < -0.4 is 8.61 Å². The fourth-order valence-electron chi connectivity index (χ4n) is 10.6. The summed E-state index contributed by atoms with van der Waals surface area (Å²) in [6.45, 7) is 17.8. The summed E-state index contributed by atoms with van der Waals surface area (Å²) in [5.41, 5.74) is 2.35. The first kappa shape index (κ1) is 61.3. The standard InChI is InChI=1S/2C34H33NO7S/c2*1-5-40-32(36)24(4)20-34(33(37)41-6-2)21-28(25-12-8-7-9-13-25)31-30(27-14-10-11-15-29(27)42-31)35(22-34)43(38,39)26-18-16-23(3)17-19-26/h2*7-19,21H,4-6,20,22H2,1-3H3/t2*34-/m11/s1. The van der Waals surface area contributed by atoms with Crippen molar-refractivity contribution >= 4 is 88.4 Å². The van der Waals surface area contributed by atoms with Crippen molar-refractivity contribution in [3.63, 3.8) is 0 Å². The second-order valence-corrected chi connectivity index (χ2v) is 24.5. The van der Waals surface area contributed by atoms with E-state index in [2.05, 4.69) is 13.2 Å². The van der Waals surface area contributed by atoms with Crippen LogP contribution in [0, 0.1) is 24.7 Å². The first-order valence-electron chi connectivity index (χ1n) is 28.1. The van der Waals surface area contributed by atoms with Crippen molar-refractivity contribution in [1.82, 2.24) is 0 Å². The van der Waals surface area contributed by atoms with Crippen molar-refractivity contribution in [1.29, 1.82) is 0 Å². The van der Waals surface area contributed by atoms with Gasteiger partial charge in [-0.15, -0.1) is 0 Å². The third kappa shape index (κ3) is 12.2. The third-order valence-electron chi connectivity index (χ3n) is 14.8. The Morgan fingerprint density at radius 2 is 0.791 bits per heavy atom. The van der Waals surface area contributed by atoms with Gasteiger partial charge in [-0.05, 0) is 101 Å². The molecule has 6 aromatic carbocycles. The van der Waals surface area contributed by atoms with Gasteiger partial charge in [0.2, 0.25) is 0 Å². The number of hydrogen-bond donors (Lipinski definition) is 0. The fourth-order valence-corrected chi connectivity index (χ4v) is 13.8. The van der Waals surface area contributed by atoms with Crippen molar-refractivity contribution in [2.24, 2.45) is 10.8 Å². The highest BCUT2D eigenvalue weighted by Crippen LogP contribution is 2.51. The molecular formula is C68H66N2O14S2. The molecule has 2 aromatic heterocycles. The Bertz CT molecular complexity index is 3910. The highest BCUT2D eigenvalue weighted by Gasteiger charge is 2.50. The monoisotopic (exact) mass is 1200 g/mol. The van der Waals surface area contributed by atoms with Crippen molar-refractivity contribution < 1.29 is 63.8 Å². The van der Waals surface area contributed by atoms with Crippen LogP contribution in [-0.2, 0) is 58.2 Å². The number of hydrogen-bond acceptors (Lipinski definition) is 14. The molecule has 4 heterocycles. The number of fused-ring (bicyclic) bond motifs is 6. The molecule has 8 aromatic rings. The van der Waals surface area contributed by atoms with Crippen LogP contribution >= 0.6 is 0 Å². The SMILES string of the molecule is C=C(C[C@@]1(C(=O)OCC)C=C(c2ccccc2)c2oc3ccccc3c2N(S(=O)(=O)c2ccc(C)cc2)C1)C(=O)OCC.C=C(C[C@@]1(C(=O)OCC)C=C(c2ccccc2)c2oc3ccccc3c2N(S(=O)(=O)c2ccc(C)cc2)C1)C(=O)OCC. The van der Waals surface area contributed by atoms with Gasteiger partial charge in [0.1, 0.15) is 33.4 Å². The molecule has 0 unspecified atom stereocenters. The summed E-state index contributed by atoms with van der Waals surface area (Å²) in [6, 6.07) is 45.8. The highest BCUT2D eigenvalue weighted by atomic mass is 32.2. The van der Waals surface area contributed by atoms with Crippen LogP contribution in [0.3, 0.4) is 0 Å². The number of carbonyl (C=O) groups is 4. The Labute approximate surface area is 500 Å². The molecule has 0 bridgehead atoms. The van der Waals surface area contributed by atoms with E-state index in [0.717, 1.165) is 11.1 Å². The molecule has 18 heteroatoms. The predicted molar refractivity (Wildman–Crippen MR) is 330 cm³/mol. The van der Waals surface area contributed by atoms with Crippen molar-refractivity contribution in [3.05, 3.63) is 228 Å². The number of esters is 4. The summed E-state index contributed by atoms with van der Waals surface area (Å²) in [6.07, 6.45) is 2.83. The molecule has 0 radical (unpaired) electrons. The summed E-state index contributed by atoms with van der Waals surface area (Å²) in [5, 5.41) is 1.11. The van der Waals surface area contributed by atoms with Gasteiger partial charge in [-0.3, -0.25) is 18.2 Å². The maximum atomic E-state index is 14.6. The number of aryl methyl sites for hydroxylation is 2. The van der Waals surface area contributed by atoms with Gasteiger partial charge in [0, 0.05) is 45.9 Å². The van der Waals surface area contributed by atoms with Crippen LogP contribution in [0.2, 0.25) is 0 Å². The molecule has 2 atom stereocenters. The number of rotatable bonds is 18. The molecule has 0 amide bonds. The van der Waals surface area contributed by atoms with E-state index in [0.29, 0.717) is 55.6 Å². The van der Waals surface area contributed by atoms with E-state index in [9.17, 15) is 36.0 Å². The van der Waals surface area contributed by atoms with Gasteiger partial charge >= 0.3 is 23.9 Å². The van der Waals surface area contributed by atoms with E-state index in [4.69, 9.17) is 27.8 Å². The van der Waals surface area contributed by atoms with Crippen LogP contribution in [-0.4, -0.2) is 80.2 Å². The van der Waals surface area contributed by atoms with Crippen molar-refractivity contribution in [2.75, 3.05) is 48.1 Å². The zero-order valence-electron chi connectivity index (χ0n) is 48.7. The number of sulfonamides is 2. The predicted octanol–water partition coefficient (Wildman–Crippen LogP) is 12.9. The molecule has 86 heavy (non-hydrogen) atoms. The summed E-state index contributed by atoms with van der Waals surface area (Å²) in [4.78, 5) is 53.8. The molecule has 16 nitrogen and oxygen atoms in total. The molecule has 2 aliphatic rings. The lowest BCUT2D eigenvalue weighted by molar-refractivity contribution is -0.153.